The Hall–Kier alpha value is -0.390. The van der Waals surface area contributed by atoms with Crippen LogP contribution in [0.15, 0.2) is 11.6 Å². The van der Waals surface area contributed by atoms with E-state index in [4.69, 9.17) is 0 Å². The fourth-order valence-electron chi connectivity index (χ4n) is 2.41. The highest BCUT2D eigenvalue weighted by molar-refractivity contribution is 7.91. The molecule has 17 heavy (non-hydrogen) atoms. The summed E-state index contributed by atoms with van der Waals surface area (Å²) in [6.07, 6.45) is 4.36. The minimum atomic E-state index is -2.79. The molecular weight excluding hydrogens is 236 g/mol. The molecular formula is C12H22N2O2S. The van der Waals surface area contributed by atoms with E-state index in [0.29, 0.717) is 18.1 Å². The summed E-state index contributed by atoms with van der Waals surface area (Å²) in [5.74, 6) is 0.616. The number of nitrogens with zero attached hydrogens (tertiary/aromatic N) is 1. The van der Waals surface area contributed by atoms with E-state index in [1.54, 1.807) is 0 Å². The maximum Gasteiger partial charge on any atom is 0.153 e. The average molecular weight is 258 g/mol. The largest absolute Gasteiger partial charge is 0.312 e. The molecule has 1 atom stereocenters. The minimum Gasteiger partial charge on any atom is -0.312 e. The van der Waals surface area contributed by atoms with Gasteiger partial charge in [-0.3, -0.25) is 4.90 Å². The van der Waals surface area contributed by atoms with Crippen molar-refractivity contribution in [1.29, 1.82) is 0 Å². The molecule has 0 amide bonds. The Morgan fingerprint density at radius 2 is 2.35 bits per heavy atom. The number of sulfone groups is 1. The van der Waals surface area contributed by atoms with Gasteiger partial charge in [-0.2, -0.15) is 0 Å². The summed E-state index contributed by atoms with van der Waals surface area (Å²) >= 11 is 0. The van der Waals surface area contributed by atoms with Gasteiger partial charge in [0, 0.05) is 25.7 Å². The minimum absolute atomic E-state index is 0.153. The molecule has 4 nitrogen and oxygen atoms in total. The van der Waals surface area contributed by atoms with Gasteiger partial charge in [-0.15, -0.1) is 0 Å². The fraction of sp³-hybridized carbons (Fsp3) is 0.833. The van der Waals surface area contributed by atoms with Crippen molar-refractivity contribution in [3.8, 4) is 0 Å². The van der Waals surface area contributed by atoms with Gasteiger partial charge in [0.1, 0.15) is 0 Å². The van der Waals surface area contributed by atoms with E-state index >= 15 is 0 Å². The van der Waals surface area contributed by atoms with Gasteiger partial charge in [-0.25, -0.2) is 8.42 Å². The van der Waals surface area contributed by atoms with Gasteiger partial charge in [0.05, 0.1) is 11.5 Å². The summed E-state index contributed by atoms with van der Waals surface area (Å²) in [5, 5.41) is 3.30. The molecule has 0 radical (unpaired) electrons. The van der Waals surface area contributed by atoms with Crippen LogP contribution < -0.4 is 5.32 Å². The van der Waals surface area contributed by atoms with Crippen molar-refractivity contribution in [3.63, 3.8) is 0 Å². The summed E-state index contributed by atoms with van der Waals surface area (Å²) in [7, 11) is -2.79. The average Bonchev–Trinajstić information content (AvgIpc) is 2.27. The fourth-order valence-corrected chi connectivity index (χ4v) is 3.90. The third-order valence-electron chi connectivity index (χ3n) is 3.62. The van der Waals surface area contributed by atoms with Crippen LogP contribution in [0.25, 0.3) is 0 Å². The van der Waals surface area contributed by atoms with E-state index in [-0.39, 0.29) is 6.04 Å². The normalized spacial score (nSPS) is 29.9. The lowest BCUT2D eigenvalue weighted by Gasteiger charge is -2.29. The van der Waals surface area contributed by atoms with Crippen LogP contribution in [-0.4, -0.2) is 57.0 Å². The first-order valence-electron chi connectivity index (χ1n) is 6.37. The van der Waals surface area contributed by atoms with Gasteiger partial charge in [-0.1, -0.05) is 11.6 Å². The predicted octanol–water partition coefficient (Wildman–Crippen LogP) is 0.415. The van der Waals surface area contributed by atoms with Crippen LogP contribution >= 0.6 is 0 Å². The zero-order chi connectivity index (χ0) is 12.3. The highest BCUT2D eigenvalue weighted by Crippen LogP contribution is 2.11. The van der Waals surface area contributed by atoms with Crippen LogP contribution in [-0.2, 0) is 9.84 Å². The van der Waals surface area contributed by atoms with Crippen LogP contribution in [0.2, 0.25) is 0 Å². The Bertz CT molecular complexity index is 389. The molecule has 0 aliphatic carbocycles. The standard InChI is InChI=1S/C12H22N2O2S/c1-11-2-6-14(7-3-11)8-4-12-10-17(15,16)9-5-13-12/h2,12-13H,3-10H2,1H3. The van der Waals surface area contributed by atoms with E-state index in [2.05, 4.69) is 23.2 Å². The molecule has 0 saturated carbocycles. The van der Waals surface area contributed by atoms with Crippen LogP contribution in [0.5, 0.6) is 0 Å². The lowest BCUT2D eigenvalue weighted by molar-refractivity contribution is 0.276. The van der Waals surface area contributed by atoms with E-state index in [1.807, 2.05) is 0 Å². The first-order chi connectivity index (χ1) is 8.05. The Labute approximate surface area is 104 Å². The van der Waals surface area contributed by atoms with Gasteiger partial charge in [0.25, 0.3) is 0 Å². The van der Waals surface area contributed by atoms with Gasteiger partial charge in [-0.05, 0) is 26.3 Å². The van der Waals surface area contributed by atoms with Crippen molar-refractivity contribution in [2.24, 2.45) is 0 Å². The van der Waals surface area contributed by atoms with Crippen molar-refractivity contribution in [1.82, 2.24) is 10.2 Å². The summed E-state index contributed by atoms with van der Waals surface area (Å²) < 4.78 is 23.0. The maximum atomic E-state index is 11.5. The van der Waals surface area contributed by atoms with Crippen LogP contribution in [0, 0.1) is 0 Å². The number of hydrogen-bond donors (Lipinski definition) is 1. The van der Waals surface area contributed by atoms with E-state index in [9.17, 15) is 8.42 Å². The molecule has 2 rings (SSSR count). The highest BCUT2D eigenvalue weighted by atomic mass is 32.2. The van der Waals surface area contributed by atoms with Crippen LogP contribution in [0.1, 0.15) is 19.8 Å². The lowest BCUT2D eigenvalue weighted by Crippen LogP contribution is -2.46. The van der Waals surface area contributed by atoms with Gasteiger partial charge < -0.3 is 5.32 Å². The second-order valence-corrected chi connectivity index (χ2v) is 7.38. The molecule has 2 aliphatic heterocycles. The smallest absolute Gasteiger partial charge is 0.153 e. The molecule has 0 bridgehead atoms. The van der Waals surface area contributed by atoms with Crippen molar-refractivity contribution in [2.75, 3.05) is 37.7 Å². The summed E-state index contributed by atoms with van der Waals surface area (Å²) in [5.41, 5.74) is 1.47. The molecule has 1 N–H and O–H groups in total. The zero-order valence-electron chi connectivity index (χ0n) is 10.5. The van der Waals surface area contributed by atoms with E-state index in [1.165, 1.54) is 5.57 Å². The Kier molecular flexibility index (Phi) is 4.22. The van der Waals surface area contributed by atoms with Gasteiger partial charge in [0.15, 0.2) is 9.84 Å². The molecule has 0 aromatic carbocycles. The maximum absolute atomic E-state index is 11.5. The van der Waals surface area contributed by atoms with E-state index in [0.717, 1.165) is 32.5 Å². The number of hydrogen-bond acceptors (Lipinski definition) is 4. The van der Waals surface area contributed by atoms with Crippen LogP contribution in [0.3, 0.4) is 0 Å². The third-order valence-corrected chi connectivity index (χ3v) is 5.35. The van der Waals surface area contributed by atoms with E-state index < -0.39 is 9.84 Å². The number of nitrogens with one attached hydrogen (secondary N) is 1. The first-order valence-corrected chi connectivity index (χ1v) is 8.19. The summed E-state index contributed by atoms with van der Waals surface area (Å²) in [4.78, 5) is 2.40. The topological polar surface area (TPSA) is 49.4 Å². The molecule has 98 valence electrons. The molecule has 2 aliphatic rings. The van der Waals surface area contributed by atoms with Crippen LogP contribution in [0.4, 0.5) is 0 Å². The molecule has 1 saturated heterocycles. The molecule has 0 aromatic heterocycles. The van der Waals surface area contributed by atoms with Crippen molar-refractivity contribution in [2.45, 2.75) is 25.8 Å². The zero-order valence-corrected chi connectivity index (χ0v) is 11.3. The molecule has 2 heterocycles. The highest BCUT2D eigenvalue weighted by Gasteiger charge is 2.24. The Morgan fingerprint density at radius 1 is 1.53 bits per heavy atom. The Morgan fingerprint density at radius 3 is 3.00 bits per heavy atom. The summed E-state index contributed by atoms with van der Waals surface area (Å²) in [6.45, 7) is 5.92. The SMILES string of the molecule is CC1=CCN(CCC2CS(=O)(=O)CCN2)CC1. The monoisotopic (exact) mass is 258 g/mol. The molecule has 1 unspecified atom stereocenters. The molecule has 1 fully saturated rings. The molecule has 0 spiro atoms. The van der Waals surface area contributed by atoms with Gasteiger partial charge in [0.2, 0.25) is 0 Å². The van der Waals surface area contributed by atoms with Crippen molar-refractivity contribution in [3.05, 3.63) is 11.6 Å². The van der Waals surface area contributed by atoms with Crippen molar-refractivity contribution < 1.29 is 8.42 Å². The quantitative estimate of drug-likeness (QED) is 0.745. The predicted molar refractivity (Wildman–Crippen MR) is 69.9 cm³/mol. The second kappa shape index (κ2) is 5.50. The van der Waals surface area contributed by atoms with Gasteiger partial charge >= 0.3 is 0 Å². The summed E-state index contributed by atoms with van der Waals surface area (Å²) in [6, 6.07) is 0.153. The lowest BCUT2D eigenvalue weighted by atomic mass is 10.1. The Balaban J connectivity index is 1.75. The first kappa shape index (κ1) is 13.1. The number of rotatable bonds is 3. The second-order valence-electron chi connectivity index (χ2n) is 5.16. The molecule has 0 aromatic rings. The molecule has 5 heteroatoms. The third kappa shape index (κ3) is 4.08. The van der Waals surface area contributed by atoms with Crippen molar-refractivity contribution >= 4 is 9.84 Å².